The third-order valence-corrected chi connectivity index (χ3v) is 3.60. The summed E-state index contributed by atoms with van der Waals surface area (Å²) >= 11 is 0. The fraction of sp³-hybridized carbons (Fsp3) is 0.375. The smallest absolute Gasteiger partial charge is 0.249 e. The molecule has 0 aliphatic carbocycles. The predicted molar refractivity (Wildman–Crippen MR) is 78.8 cm³/mol. The van der Waals surface area contributed by atoms with Crippen molar-refractivity contribution in [1.29, 1.82) is 0 Å². The normalized spacial score (nSPS) is 18.5. The molecule has 1 aliphatic rings. The van der Waals surface area contributed by atoms with Gasteiger partial charge in [-0.1, -0.05) is 30.3 Å². The van der Waals surface area contributed by atoms with Crippen molar-refractivity contribution < 1.29 is 9.53 Å². The molecule has 2 heterocycles. The number of aromatic nitrogens is 2. The molecule has 3 rings (SSSR count). The first-order valence-electron chi connectivity index (χ1n) is 7.25. The van der Waals surface area contributed by atoms with Crippen LogP contribution in [0.25, 0.3) is 0 Å². The Hall–Kier alpha value is -2.14. The van der Waals surface area contributed by atoms with Crippen molar-refractivity contribution >= 4 is 5.91 Å². The van der Waals surface area contributed by atoms with Crippen molar-refractivity contribution in [2.45, 2.75) is 25.5 Å². The predicted octanol–water partition coefficient (Wildman–Crippen LogP) is 1.18. The van der Waals surface area contributed by atoms with E-state index in [1.165, 1.54) is 5.56 Å². The van der Waals surface area contributed by atoms with Crippen LogP contribution < -0.4 is 5.32 Å². The molecule has 1 fully saturated rings. The van der Waals surface area contributed by atoms with Crippen LogP contribution in [0.15, 0.2) is 42.9 Å². The van der Waals surface area contributed by atoms with Crippen LogP contribution in [0.4, 0.5) is 0 Å². The zero-order valence-corrected chi connectivity index (χ0v) is 11.9. The average molecular weight is 285 g/mol. The van der Waals surface area contributed by atoms with Crippen LogP contribution in [0.2, 0.25) is 0 Å². The van der Waals surface area contributed by atoms with Gasteiger partial charge in [-0.15, -0.1) is 0 Å². The molecular formula is C16H19N3O2. The summed E-state index contributed by atoms with van der Waals surface area (Å²) < 4.78 is 7.53. The molecule has 1 aliphatic heterocycles. The molecule has 1 aromatic carbocycles. The maximum Gasteiger partial charge on any atom is 0.249 e. The lowest BCUT2D eigenvalue weighted by molar-refractivity contribution is -0.137. The number of nitrogens with zero attached hydrogens (tertiary/aromatic N) is 2. The van der Waals surface area contributed by atoms with E-state index in [4.69, 9.17) is 4.74 Å². The van der Waals surface area contributed by atoms with Crippen LogP contribution in [0, 0.1) is 0 Å². The lowest BCUT2D eigenvalue weighted by Crippen LogP contribution is -2.45. The maximum atomic E-state index is 11.6. The van der Waals surface area contributed by atoms with E-state index in [9.17, 15) is 4.79 Å². The summed E-state index contributed by atoms with van der Waals surface area (Å²) in [7, 11) is 0. The summed E-state index contributed by atoms with van der Waals surface area (Å²) in [4.78, 5) is 16.0. The zero-order chi connectivity index (χ0) is 14.5. The highest BCUT2D eigenvalue weighted by Crippen LogP contribution is 2.08. The number of morpholine rings is 1. The summed E-state index contributed by atoms with van der Waals surface area (Å²) in [5.74, 6) is -0.0416. The monoisotopic (exact) mass is 285 g/mol. The van der Waals surface area contributed by atoms with Gasteiger partial charge in [0.1, 0.15) is 6.10 Å². The average Bonchev–Trinajstić information content (AvgIpc) is 2.96. The minimum Gasteiger partial charge on any atom is -0.366 e. The Bertz CT molecular complexity index is 595. The van der Waals surface area contributed by atoms with Crippen LogP contribution in [-0.2, 0) is 28.9 Å². The number of hydrogen-bond donors (Lipinski definition) is 1. The van der Waals surface area contributed by atoms with E-state index in [-0.39, 0.29) is 5.91 Å². The second kappa shape index (κ2) is 6.54. The SMILES string of the molecule is O=C1NCCOC1Cc1cn(CCc2ccccc2)cn1. The molecule has 5 nitrogen and oxygen atoms in total. The van der Waals surface area contributed by atoms with Crippen molar-refractivity contribution in [3.63, 3.8) is 0 Å². The number of amides is 1. The first kappa shape index (κ1) is 13.8. The second-order valence-corrected chi connectivity index (χ2v) is 5.19. The van der Waals surface area contributed by atoms with Gasteiger partial charge in [-0.25, -0.2) is 4.98 Å². The molecule has 0 radical (unpaired) electrons. The number of hydrogen-bond acceptors (Lipinski definition) is 3. The molecule has 1 atom stereocenters. The Kier molecular flexibility index (Phi) is 4.31. The molecule has 21 heavy (non-hydrogen) atoms. The van der Waals surface area contributed by atoms with Crippen LogP contribution in [0.3, 0.4) is 0 Å². The van der Waals surface area contributed by atoms with E-state index in [1.54, 1.807) is 0 Å². The van der Waals surface area contributed by atoms with Crippen molar-refractivity contribution in [2.75, 3.05) is 13.2 Å². The molecular weight excluding hydrogens is 266 g/mol. The largest absolute Gasteiger partial charge is 0.366 e. The van der Waals surface area contributed by atoms with E-state index in [0.29, 0.717) is 19.6 Å². The highest BCUT2D eigenvalue weighted by Gasteiger charge is 2.23. The quantitative estimate of drug-likeness (QED) is 0.897. The second-order valence-electron chi connectivity index (χ2n) is 5.19. The molecule has 1 saturated heterocycles. The van der Waals surface area contributed by atoms with Crippen LogP contribution in [0.5, 0.6) is 0 Å². The number of ether oxygens (including phenoxy) is 1. The Morgan fingerprint density at radius 1 is 1.33 bits per heavy atom. The molecule has 0 saturated carbocycles. The third kappa shape index (κ3) is 3.70. The molecule has 1 unspecified atom stereocenters. The van der Waals surface area contributed by atoms with Gasteiger partial charge in [-0.3, -0.25) is 4.79 Å². The molecule has 1 amide bonds. The van der Waals surface area contributed by atoms with Gasteiger partial charge in [0.05, 0.1) is 18.6 Å². The van der Waals surface area contributed by atoms with E-state index >= 15 is 0 Å². The van der Waals surface area contributed by atoms with Gasteiger partial charge in [0.2, 0.25) is 5.91 Å². The van der Waals surface area contributed by atoms with Crippen LogP contribution >= 0.6 is 0 Å². The van der Waals surface area contributed by atoms with Crippen molar-refractivity contribution in [2.24, 2.45) is 0 Å². The molecule has 0 bridgehead atoms. The Morgan fingerprint density at radius 3 is 3.00 bits per heavy atom. The van der Waals surface area contributed by atoms with Gasteiger partial charge < -0.3 is 14.6 Å². The van der Waals surface area contributed by atoms with Gasteiger partial charge in [0.15, 0.2) is 0 Å². The molecule has 5 heteroatoms. The summed E-state index contributed by atoms with van der Waals surface area (Å²) in [5.41, 5.74) is 2.20. The zero-order valence-electron chi connectivity index (χ0n) is 11.9. The number of benzene rings is 1. The van der Waals surface area contributed by atoms with Gasteiger partial charge in [-0.2, -0.15) is 0 Å². The number of aryl methyl sites for hydroxylation is 2. The number of rotatable bonds is 5. The maximum absolute atomic E-state index is 11.6. The highest BCUT2D eigenvalue weighted by molar-refractivity contribution is 5.81. The molecule has 2 aromatic rings. The topological polar surface area (TPSA) is 56.1 Å². The Morgan fingerprint density at radius 2 is 2.19 bits per heavy atom. The fourth-order valence-electron chi connectivity index (χ4n) is 2.44. The fourth-order valence-corrected chi connectivity index (χ4v) is 2.44. The minimum atomic E-state index is -0.406. The van der Waals surface area contributed by atoms with Crippen molar-refractivity contribution in [3.8, 4) is 0 Å². The molecule has 1 aromatic heterocycles. The standard InChI is InChI=1S/C16H19N3O2/c20-16-15(21-9-7-17-16)10-14-11-19(12-18-14)8-6-13-4-2-1-3-5-13/h1-5,11-12,15H,6-10H2,(H,17,20). The Balaban J connectivity index is 1.55. The lowest BCUT2D eigenvalue weighted by atomic mass is 10.1. The van der Waals surface area contributed by atoms with Gasteiger partial charge >= 0.3 is 0 Å². The number of carbonyl (C=O) groups excluding carboxylic acids is 1. The first-order valence-corrected chi connectivity index (χ1v) is 7.25. The summed E-state index contributed by atoms with van der Waals surface area (Å²) in [5, 5.41) is 2.81. The van der Waals surface area contributed by atoms with E-state index in [0.717, 1.165) is 18.7 Å². The van der Waals surface area contributed by atoms with E-state index < -0.39 is 6.10 Å². The summed E-state index contributed by atoms with van der Waals surface area (Å²) in [6.07, 6.45) is 4.91. The summed E-state index contributed by atoms with van der Waals surface area (Å²) in [6, 6.07) is 10.4. The Labute approximate surface area is 124 Å². The van der Waals surface area contributed by atoms with Gasteiger partial charge in [0.25, 0.3) is 0 Å². The van der Waals surface area contributed by atoms with Crippen LogP contribution in [-0.4, -0.2) is 34.7 Å². The number of imidazole rings is 1. The third-order valence-electron chi connectivity index (χ3n) is 3.60. The minimum absolute atomic E-state index is 0.0416. The lowest BCUT2D eigenvalue weighted by Gasteiger charge is -2.21. The van der Waals surface area contributed by atoms with Crippen molar-refractivity contribution in [3.05, 3.63) is 54.1 Å². The highest BCUT2D eigenvalue weighted by atomic mass is 16.5. The molecule has 110 valence electrons. The van der Waals surface area contributed by atoms with Crippen molar-refractivity contribution in [1.82, 2.24) is 14.9 Å². The van der Waals surface area contributed by atoms with E-state index in [2.05, 4.69) is 27.0 Å². The molecule has 0 spiro atoms. The number of nitrogens with one attached hydrogen (secondary N) is 1. The van der Waals surface area contributed by atoms with Gasteiger partial charge in [-0.05, 0) is 12.0 Å². The van der Waals surface area contributed by atoms with Crippen LogP contribution in [0.1, 0.15) is 11.3 Å². The first-order chi connectivity index (χ1) is 10.3. The van der Waals surface area contributed by atoms with Gasteiger partial charge in [0, 0.05) is 25.7 Å². The molecule has 1 N–H and O–H groups in total. The summed E-state index contributed by atoms with van der Waals surface area (Å²) in [6.45, 7) is 2.06. The van der Waals surface area contributed by atoms with E-state index in [1.807, 2.05) is 30.7 Å². The number of carbonyl (C=O) groups is 1.